The molecule has 2 aromatic rings. The van der Waals surface area contributed by atoms with Crippen LogP contribution in [-0.2, 0) is 0 Å². The molecule has 1 atom stereocenters. The minimum atomic E-state index is 0.0118. The van der Waals surface area contributed by atoms with Gasteiger partial charge in [-0.2, -0.15) is 0 Å². The molecular weight excluding hydrogens is 200 g/mol. The van der Waals surface area contributed by atoms with Gasteiger partial charge in [0.1, 0.15) is 5.82 Å². The second-order valence-electron chi connectivity index (χ2n) is 4.06. The number of hydrogen-bond donors (Lipinski definition) is 2. The molecule has 0 saturated carbocycles. The summed E-state index contributed by atoms with van der Waals surface area (Å²) in [6, 6.07) is 10.2. The number of pyridine rings is 1. The number of aryl methyl sites for hydroxylation is 1. The van der Waals surface area contributed by atoms with Crippen LogP contribution in [-0.4, -0.2) is 22.7 Å². The van der Waals surface area contributed by atoms with Crippen LogP contribution in [0.25, 0.3) is 10.8 Å². The van der Waals surface area contributed by atoms with Crippen LogP contribution < -0.4 is 5.32 Å². The predicted molar refractivity (Wildman–Crippen MR) is 66.7 cm³/mol. The summed E-state index contributed by atoms with van der Waals surface area (Å²) >= 11 is 0. The van der Waals surface area contributed by atoms with E-state index in [1.807, 2.05) is 32.0 Å². The molecule has 0 aliphatic heterocycles. The van der Waals surface area contributed by atoms with Gasteiger partial charge in [-0.05, 0) is 25.3 Å². The van der Waals surface area contributed by atoms with Gasteiger partial charge in [0.2, 0.25) is 0 Å². The lowest BCUT2D eigenvalue weighted by Crippen LogP contribution is -2.20. The van der Waals surface area contributed by atoms with Crippen molar-refractivity contribution in [3.8, 4) is 0 Å². The van der Waals surface area contributed by atoms with E-state index in [1.54, 1.807) is 0 Å². The standard InChI is InChI=1S/C13H16N2O/c1-9-7-11-5-3-4-6-12(11)13(14-9)15-10(2)8-16/h3-7,10,16H,8H2,1-2H3,(H,14,15). The van der Waals surface area contributed by atoms with Gasteiger partial charge in [0, 0.05) is 17.1 Å². The molecule has 0 aliphatic rings. The van der Waals surface area contributed by atoms with Crippen LogP contribution in [0.3, 0.4) is 0 Å². The molecular formula is C13H16N2O. The highest BCUT2D eigenvalue weighted by atomic mass is 16.3. The van der Waals surface area contributed by atoms with E-state index in [0.29, 0.717) is 0 Å². The fraction of sp³-hybridized carbons (Fsp3) is 0.308. The molecule has 3 heteroatoms. The number of anilines is 1. The summed E-state index contributed by atoms with van der Waals surface area (Å²) < 4.78 is 0. The molecule has 0 amide bonds. The lowest BCUT2D eigenvalue weighted by molar-refractivity contribution is 0.281. The Balaban J connectivity index is 2.50. The number of benzene rings is 1. The number of aliphatic hydroxyl groups excluding tert-OH is 1. The quantitative estimate of drug-likeness (QED) is 0.827. The monoisotopic (exact) mass is 216 g/mol. The second kappa shape index (κ2) is 4.49. The Hall–Kier alpha value is -1.61. The number of rotatable bonds is 3. The summed E-state index contributed by atoms with van der Waals surface area (Å²) in [6.07, 6.45) is 0. The van der Waals surface area contributed by atoms with Gasteiger partial charge in [0.25, 0.3) is 0 Å². The van der Waals surface area contributed by atoms with E-state index >= 15 is 0 Å². The van der Waals surface area contributed by atoms with Gasteiger partial charge in [-0.3, -0.25) is 0 Å². The molecule has 84 valence electrons. The second-order valence-corrected chi connectivity index (χ2v) is 4.06. The summed E-state index contributed by atoms with van der Waals surface area (Å²) in [7, 11) is 0. The third kappa shape index (κ3) is 2.14. The van der Waals surface area contributed by atoms with Crippen molar-refractivity contribution in [2.45, 2.75) is 19.9 Å². The first-order valence-corrected chi connectivity index (χ1v) is 5.44. The summed E-state index contributed by atoms with van der Waals surface area (Å²) in [5.74, 6) is 0.845. The Bertz CT molecular complexity index is 496. The Kier molecular flexibility index (Phi) is 3.06. The zero-order chi connectivity index (χ0) is 11.5. The summed E-state index contributed by atoms with van der Waals surface area (Å²) in [6.45, 7) is 4.00. The molecule has 2 N–H and O–H groups in total. The number of hydrogen-bond acceptors (Lipinski definition) is 3. The molecule has 2 rings (SSSR count). The Morgan fingerprint density at radius 1 is 1.38 bits per heavy atom. The average molecular weight is 216 g/mol. The van der Waals surface area contributed by atoms with Gasteiger partial charge in [-0.1, -0.05) is 24.3 Å². The molecule has 1 aromatic carbocycles. The number of fused-ring (bicyclic) bond motifs is 1. The highest BCUT2D eigenvalue weighted by Gasteiger charge is 2.06. The van der Waals surface area contributed by atoms with Crippen LogP contribution in [0.2, 0.25) is 0 Å². The molecule has 0 radical (unpaired) electrons. The SMILES string of the molecule is Cc1cc2ccccc2c(NC(C)CO)n1. The van der Waals surface area contributed by atoms with Crippen molar-refractivity contribution < 1.29 is 5.11 Å². The number of aromatic nitrogens is 1. The molecule has 0 aliphatic carbocycles. The molecule has 0 saturated heterocycles. The molecule has 0 bridgehead atoms. The fourth-order valence-electron chi connectivity index (χ4n) is 1.72. The van der Waals surface area contributed by atoms with E-state index in [4.69, 9.17) is 5.11 Å². The van der Waals surface area contributed by atoms with Gasteiger partial charge in [0.15, 0.2) is 0 Å². The molecule has 1 heterocycles. The van der Waals surface area contributed by atoms with Crippen LogP contribution in [0.15, 0.2) is 30.3 Å². The zero-order valence-electron chi connectivity index (χ0n) is 9.57. The van der Waals surface area contributed by atoms with Gasteiger partial charge in [-0.15, -0.1) is 0 Å². The van der Waals surface area contributed by atoms with Crippen LogP contribution in [0.1, 0.15) is 12.6 Å². The first-order chi connectivity index (χ1) is 7.70. The summed E-state index contributed by atoms with van der Waals surface area (Å²) in [5, 5.41) is 14.5. The fourth-order valence-corrected chi connectivity index (χ4v) is 1.72. The zero-order valence-corrected chi connectivity index (χ0v) is 9.57. The van der Waals surface area contributed by atoms with Gasteiger partial charge < -0.3 is 10.4 Å². The highest BCUT2D eigenvalue weighted by Crippen LogP contribution is 2.22. The van der Waals surface area contributed by atoms with Crippen LogP contribution in [0, 0.1) is 6.92 Å². The molecule has 1 aromatic heterocycles. The maximum absolute atomic E-state index is 9.05. The van der Waals surface area contributed by atoms with Gasteiger partial charge in [0.05, 0.1) is 6.61 Å². The molecule has 16 heavy (non-hydrogen) atoms. The first-order valence-electron chi connectivity index (χ1n) is 5.44. The Morgan fingerprint density at radius 2 is 2.12 bits per heavy atom. The molecule has 0 spiro atoms. The third-order valence-electron chi connectivity index (χ3n) is 2.53. The Morgan fingerprint density at radius 3 is 2.88 bits per heavy atom. The van der Waals surface area contributed by atoms with Crippen LogP contribution in [0.5, 0.6) is 0 Å². The smallest absolute Gasteiger partial charge is 0.134 e. The van der Waals surface area contributed by atoms with Gasteiger partial charge >= 0.3 is 0 Å². The lowest BCUT2D eigenvalue weighted by Gasteiger charge is -2.14. The van der Waals surface area contributed by atoms with Crippen molar-refractivity contribution in [2.75, 3.05) is 11.9 Å². The third-order valence-corrected chi connectivity index (χ3v) is 2.53. The molecule has 0 fully saturated rings. The minimum absolute atomic E-state index is 0.0118. The largest absolute Gasteiger partial charge is 0.394 e. The van der Waals surface area contributed by atoms with E-state index in [9.17, 15) is 0 Å². The van der Waals surface area contributed by atoms with E-state index in [-0.39, 0.29) is 12.6 Å². The average Bonchev–Trinajstić information content (AvgIpc) is 2.28. The predicted octanol–water partition coefficient (Wildman–Crippen LogP) is 2.34. The topological polar surface area (TPSA) is 45.1 Å². The van der Waals surface area contributed by atoms with Crippen LogP contribution >= 0.6 is 0 Å². The van der Waals surface area contributed by atoms with E-state index < -0.39 is 0 Å². The van der Waals surface area contributed by atoms with E-state index in [2.05, 4.69) is 22.4 Å². The van der Waals surface area contributed by atoms with E-state index in [0.717, 1.165) is 16.9 Å². The number of nitrogens with zero attached hydrogens (tertiary/aromatic N) is 1. The minimum Gasteiger partial charge on any atom is -0.394 e. The first kappa shape index (κ1) is 10.9. The summed E-state index contributed by atoms with van der Waals surface area (Å²) in [5.41, 5.74) is 0.978. The highest BCUT2D eigenvalue weighted by molar-refractivity contribution is 5.92. The number of nitrogens with one attached hydrogen (secondary N) is 1. The van der Waals surface area contributed by atoms with Gasteiger partial charge in [-0.25, -0.2) is 4.98 Å². The normalized spacial score (nSPS) is 12.7. The van der Waals surface area contributed by atoms with Crippen LogP contribution in [0.4, 0.5) is 5.82 Å². The van der Waals surface area contributed by atoms with Crippen molar-refractivity contribution in [3.05, 3.63) is 36.0 Å². The number of aliphatic hydroxyl groups is 1. The maximum Gasteiger partial charge on any atom is 0.134 e. The summed E-state index contributed by atoms with van der Waals surface area (Å²) in [4.78, 5) is 4.47. The van der Waals surface area contributed by atoms with Crippen molar-refractivity contribution in [1.29, 1.82) is 0 Å². The van der Waals surface area contributed by atoms with Crippen molar-refractivity contribution >= 4 is 16.6 Å². The van der Waals surface area contributed by atoms with Crippen molar-refractivity contribution in [1.82, 2.24) is 4.98 Å². The van der Waals surface area contributed by atoms with Crippen molar-refractivity contribution in [2.24, 2.45) is 0 Å². The lowest BCUT2D eigenvalue weighted by atomic mass is 10.1. The molecule has 1 unspecified atom stereocenters. The van der Waals surface area contributed by atoms with Crippen molar-refractivity contribution in [3.63, 3.8) is 0 Å². The van der Waals surface area contributed by atoms with E-state index in [1.165, 1.54) is 5.39 Å². The Labute approximate surface area is 95.1 Å². The molecule has 3 nitrogen and oxygen atoms in total. The maximum atomic E-state index is 9.05.